The summed E-state index contributed by atoms with van der Waals surface area (Å²) in [6.45, 7) is 0.504. The van der Waals surface area contributed by atoms with Crippen molar-refractivity contribution in [2.75, 3.05) is 26.2 Å². The van der Waals surface area contributed by atoms with Crippen LogP contribution in [0.5, 0.6) is 0 Å². The molecule has 3 rings (SSSR count). The van der Waals surface area contributed by atoms with Crippen LogP contribution in [-0.2, 0) is 10.0 Å². The summed E-state index contributed by atoms with van der Waals surface area (Å²) in [5.41, 5.74) is 0.425. The zero-order valence-electron chi connectivity index (χ0n) is 13.5. The van der Waals surface area contributed by atoms with Gasteiger partial charge < -0.3 is 4.90 Å². The normalized spacial score (nSPS) is 15.9. The van der Waals surface area contributed by atoms with E-state index in [-0.39, 0.29) is 37.0 Å². The number of carbonyl (C=O) groups is 1. The van der Waals surface area contributed by atoms with Crippen LogP contribution < -0.4 is 0 Å². The van der Waals surface area contributed by atoms with Gasteiger partial charge in [0.25, 0.3) is 5.91 Å². The summed E-state index contributed by atoms with van der Waals surface area (Å²) in [4.78, 5) is 13.7. The highest BCUT2D eigenvalue weighted by atomic mass is 35.5. The fourth-order valence-electron chi connectivity index (χ4n) is 2.72. The van der Waals surface area contributed by atoms with E-state index in [4.69, 9.17) is 11.6 Å². The molecule has 0 atom stereocenters. The van der Waals surface area contributed by atoms with Crippen molar-refractivity contribution in [1.29, 1.82) is 0 Å². The maximum Gasteiger partial charge on any atom is 0.253 e. The molecule has 1 heterocycles. The molecule has 2 aromatic carbocycles. The monoisotopic (exact) mass is 400 g/mol. The van der Waals surface area contributed by atoms with Crippen LogP contribution in [0.25, 0.3) is 0 Å². The van der Waals surface area contributed by atoms with Gasteiger partial charge in [-0.3, -0.25) is 4.79 Å². The van der Waals surface area contributed by atoms with E-state index in [1.165, 1.54) is 4.90 Å². The van der Waals surface area contributed by atoms with Crippen LogP contribution >= 0.6 is 11.6 Å². The SMILES string of the molecule is O=C(c1cccc(Cl)c1)N1CCN(S(=O)(=O)c2ccc(F)c(F)c2)CC1. The van der Waals surface area contributed by atoms with E-state index in [2.05, 4.69) is 0 Å². The van der Waals surface area contributed by atoms with Gasteiger partial charge in [-0.2, -0.15) is 4.31 Å². The fourth-order valence-corrected chi connectivity index (χ4v) is 4.35. The third kappa shape index (κ3) is 3.72. The molecule has 2 aromatic rings. The molecule has 9 heteroatoms. The molecule has 0 unspecified atom stereocenters. The minimum atomic E-state index is -3.95. The number of hydrogen-bond donors (Lipinski definition) is 0. The van der Waals surface area contributed by atoms with Crippen molar-refractivity contribution in [3.8, 4) is 0 Å². The van der Waals surface area contributed by atoms with Gasteiger partial charge in [-0.05, 0) is 36.4 Å². The van der Waals surface area contributed by atoms with Gasteiger partial charge in [0.15, 0.2) is 11.6 Å². The summed E-state index contributed by atoms with van der Waals surface area (Å²) >= 11 is 5.89. The summed E-state index contributed by atoms with van der Waals surface area (Å²) in [6.07, 6.45) is 0. The molecule has 0 N–H and O–H groups in total. The number of halogens is 3. The summed E-state index contributed by atoms with van der Waals surface area (Å²) in [5, 5.41) is 0.440. The molecule has 0 aliphatic carbocycles. The number of hydrogen-bond acceptors (Lipinski definition) is 3. The van der Waals surface area contributed by atoms with Crippen LogP contribution in [0, 0.1) is 11.6 Å². The van der Waals surface area contributed by atoms with Crippen LogP contribution in [0.4, 0.5) is 8.78 Å². The number of piperazine rings is 1. The molecule has 0 radical (unpaired) electrons. The van der Waals surface area contributed by atoms with Crippen molar-refractivity contribution in [3.63, 3.8) is 0 Å². The van der Waals surface area contributed by atoms with Gasteiger partial charge in [-0.1, -0.05) is 17.7 Å². The average Bonchev–Trinajstić information content (AvgIpc) is 2.63. The summed E-state index contributed by atoms with van der Waals surface area (Å²) in [5.74, 6) is -2.57. The molecular formula is C17H15ClF2N2O3S. The quantitative estimate of drug-likeness (QED) is 0.796. The second-order valence-electron chi connectivity index (χ2n) is 5.78. The van der Waals surface area contributed by atoms with Gasteiger partial charge in [0.2, 0.25) is 10.0 Å². The Morgan fingerprint density at radius 1 is 0.962 bits per heavy atom. The van der Waals surface area contributed by atoms with Crippen molar-refractivity contribution in [2.24, 2.45) is 0 Å². The van der Waals surface area contributed by atoms with Crippen LogP contribution in [0.15, 0.2) is 47.4 Å². The van der Waals surface area contributed by atoms with E-state index in [0.717, 1.165) is 16.4 Å². The van der Waals surface area contributed by atoms with Crippen molar-refractivity contribution >= 4 is 27.5 Å². The Kier molecular flexibility index (Phi) is 5.27. The van der Waals surface area contributed by atoms with Gasteiger partial charge in [0.1, 0.15) is 0 Å². The second kappa shape index (κ2) is 7.30. The van der Waals surface area contributed by atoms with Gasteiger partial charge in [-0.25, -0.2) is 17.2 Å². The number of rotatable bonds is 3. The molecule has 1 fully saturated rings. The third-order valence-electron chi connectivity index (χ3n) is 4.13. The lowest BCUT2D eigenvalue weighted by molar-refractivity contribution is 0.0698. The van der Waals surface area contributed by atoms with Crippen molar-refractivity contribution in [3.05, 3.63) is 64.7 Å². The zero-order valence-corrected chi connectivity index (χ0v) is 15.1. The largest absolute Gasteiger partial charge is 0.336 e. The first-order chi connectivity index (χ1) is 12.3. The van der Waals surface area contributed by atoms with E-state index in [1.807, 2.05) is 0 Å². The first-order valence-electron chi connectivity index (χ1n) is 7.79. The predicted molar refractivity (Wildman–Crippen MR) is 92.5 cm³/mol. The summed E-state index contributed by atoms with van der Waals surface area (Å²) in [6, 6.07) is 8.98. The molecule has 26 heavy (non-hydrogen) atoms. The van der Waals surface area contributed by atoms with Crippen LogP contribution in [0.2, 0.25) is 5.02 Å². The first-order valence-corrected chi connectivity index (χ1v) is 9.61. The second-order valence-corrected chi connectivity index (χ2v) is 8.16. The maximum atomic E-state index is 13.3. The Labute approximate surface area is 154 Å². The Bertz CT molecular complexity index is 945. The lowest BCUT2D eigenvalue weighted by Gasteiger charge is -2.34. The Morgan fingerprint density at radius 2 is 1.65 bits per heavy atom. The molecule has 0 saturated carbocycles. The molecular weight excluding hydrogens is 386 g/mol. The fraction of sp³-hybridized carbons (Fsp3) is 0.235. The lowest BCUT2D eigenvalue weighted by atomic mass is 10.2. The van der Waals surface area contributed by atoms with E-state index in [1.54, 1.807) is 24.3 Å². The molecule has 1 aliphatic heterocycles. The topological polar surface area (TPSA) is 57.7 Å². The summed E-state index contributed by atoms with van der Waals surface area (Å²) in [7, 11) is -3.95. The number of amides is 1. The molecule has 138 valence electrons. The van der Waals surface area contributed by atoms with Crippen LogP contribution in [-0.4, -0.2) is 49.7 Å². The van der Waals surface area contributed by atoms with Crippen LogP contribution in [0.3, 0.4) is 0 Å². The molecule has 0 bridgehead atoms. The minimum Gasteiger partial charge on any atom is -0.336 e. The van der Waals surface area contributed by atoms with Gasteiger partial charge in [0, 0.05) is 36.8 Å². The highest BCUT2D eigenvalue weighted by Crippen LogP contribution is 2.21. The smallest absolute Gasteiger partial charge is 0.253 e. The molecule has 1 amide bonds. The molecule has 1 aliphatic rings. The van der Waals surface area contributed by atoms with Gasteiger partial charge in [-0.15, -0.1) is 0 Å². The zero-order chi connectivity index (χ0) is 18.9. The highest BCUT2D eigenvalue weighted by Gasteiger charge is 2.31. The number of benzene rings is 2. The van der Waals surface area contributed by atoms with Crippen LogP contribution in [0.1, 0.15) is 10.4 Å². The van der Waals surface area contributed by atoms with E-state index < -0.39 is 21.7 Å². The van der Waals surface area contributed by atoms with Crippen molar-refractivity contribution in [2.45, 2.75) is 4.90 Å². The van der Waals surface area contributed by atoms with Crippen molar-refractivity contribution < 1.29 is 22.0 Å². The van der Waals surface area contributed by atoms with E-state index >= 15 is 0 Å². The first kappa shape index (κ1) is 18.8. The summed E-state index contributed by atoms with van der Waals surface area (Å²) < 4.78 is 52.6. The predicted octanol–water partition coefficient (Wildman–Crippen LogP) is 2.76. The maximum absolute atomic E-state index is 13.3. The van der Waals surface area contributed by atoms with Gasteiger partial charge >= 0.3 is 0 Å². The van der Waals surface area contributed by atoms with Crippen molar-refractivity contribution in [1.82, 2.24) is 9.21 Å². The Balaban J connectivity index is 1.71. The Hall–Kier alpha value is -2.03. The molecule has 5 nitrogen and oxygen atoms in total. The third-order valence-corrected chi connectivity index (χ3v) is 6.26. The molecule has 1 saturated heterocycles. The standard InChI is InChI=1S/C17H15ClF2N2O3S/c18-13-3-1-2-12(10-13)17(23)21-6-8-22(9-7-21)26(24,25)14-4-5-15(19)16(20)11-14/h1-5,10-11H,6-9H2. The van der Waals surface area contributed by atoms with E-state index in [0.29, 0.717) is 16.7 Å². The van der Waals surface area contributed by atoms with Gasteiger partial charge in [0.05, 0.1) is 4.90 Å². The molecule has 0 spiro atoms. The van der Waals surface area contributed by atoms with E-state index in [9.17, 15) is 22.0 Å². The number of nitrogens with zero attached hydrogens (tertiary/aromatic N) is 2. The minimum absolute atomic E-state index is 0.0631. The highest BCUT2D eigenvalue weighted by molar-refractivity contribution is 7.89. The average molecular weight is 401 g/mol. The number of carbonyl (C=O) groups excluding carboxylic acids is 1. The Morgan fingerprint density at radius 3 is 2.27 bits per heavy atom. The number of sulfonamides is 1. The lowest BCUT2D eigenvalue weighted by Crippen LogP contribution is -2.50. The molecule has 0 aromatic heterocycles.